The van der Waals surface area contributed by atoms with Gasteiger partial charge in [0.05, 0.1) is 5.75 Å². The molecular formula is C21H22N4OS. The molecule has 1 aromatic heterocycles. The molecule has 0 saturated carbocycles. The van der Waals surface area contributed by atoms with Gasteiger partial charge in [-0.3, -0.25) is 4.79 Å². The normalized spacial score (nSPS) is 10.4. The van der Waals surface area contributed by atoms with Crippen LogP contribution in [0.3, 0.4) is 0 Å². The topological polar surface area (TPSA) is 66.9 Å². The van der Waals surface area contributed by atoms with Gasteiger partial charge in [0.25, 0.3) is 0 Å². The minimum Gasteiger partial charge on any atom is -0.365 e. The van der Waals surface area contributed by atoms with Crippen molar-refractivity contribution < 1.29 is 4.79 Å². The second-order valence-electron chi connectivity index (χ2n) is 6.30. The van der Waals surface area contributed by atoms with Crippen LogP contribution < -0.4 is 10.6 Å². The van der Waals surface area contributed by atoms with Gasteiger partial charge in [-0.2, -0.15) is 0 Å². The monoisotopic (exact) mass is 378 g/mol. The molecule has 0 aliphatic heterocycles. The van der Waals surface area contributed by atoms with Crippen molar-refractivity contribution in [1.82, 2.24) is 10.2 Å². The number of aryl methyl sites for hydroxylation is 2. The number of nitrogens with zero attached hydrogens (tertiary/aromatic N) is 2. The molecule has 0 aliphatic carbocycles. The summed E-state index contributed by atoms with van der Waals surface area (Å²) in [6.07, 6.45) is 0. The third-order valence-corrected chi connectivity index (χ3v) is 4.84. The Morgan fingerprint density at radius 2 is 1.56 bits per heavy atom. The van der Waals surface area contributed by atoms with Gasteiger partial charge in [-0.15, -0.1) is 10.2 Å². The molecule has 0 aliphatic rings. The minimum atomic E-state index is -0.0628. The van der Waals surface area contributed by atoms with E-state index in [2.05, 4.69) is 52.0 Å². The fraction of sp³-hybridized carbons (Fsp3) is 0.190. The number of carbonyl (C=O) groups is 1. The van der Waals surface area contributed by atoms with Crippen molar-refractivity contribution in [1.29, 1.82) is 0 Å². The van der Waals surface area contributed by atoms with Crippen molar-refractivity contribution in [3.05, 3.63) is 77.4 Å². The van der Waals surface area contributed by atoms with Crippen molar-refractivity contribution in [2.75, 3.05) is 16.4 Å². The molecule has 138 valence electrons. The van der Waals surface area contributed by atoms with Gasteiger partial charge in [-0.05, 0) is 43.7 Å². The van der Waals surface area contributed by atoms with Crippen LogP contribution in [0.15, 0.2) is 65.7 Å². The average molecular weight is 379 g/mol. The van der Waals surface area contributed by atoms with Gasteiger partial charge in [0.2, 0.25) is 5.91 Å². The Morgan fingerprint density at radius 3 is 2.19 bits per heavy atom. The van der Waals surface area contributed by atoms with Crippen molar-refractivity contribution in [3.8, 4) is 0 Å². The van der Waals surface area contributed by atoms with Crippen LogP contribution in [0.5, 0.6) is 0 Å². The third-order valence-electron chi connectivity index (χ3n) is 3.92. The summed E-state index contributed by atoms with van der Waals surface area (Å²) in [7, 11) is 0. The first-order chi connectivity index (χ1) is 13.1. The predicted octanol–water partition coefficient (Wildman–Crippen LogP) is 4.44. The number of nitrogens with one attached hydrogen (secondary N) is 2. The van der Waals surface area contributed by atoms with E-state index in [0.29, 0.717) is 18.1 Å². The summed E-state index contributed by atoms with van der Waals surface area (Å²) in [6.45, 7) is 4.78. The second kappa shape index (κ2) is 9.19. The van der Waals surface area contributed by atoms with Crippen molar-refractivity contribution >= 4 is 29.2 Å². The zero-order valence-electron chi connectivity index (χ0n) is 15.4. The van der Waals surface area contributed by atoms with Crippen LogP contribution in [-0.2, 0) is 11.3 Å². The molecule has 2 N–H and O–H groups in total. The lowest BCUT2D eigenvalue weighted by Gasteiger charge is -2.07. The molecule has 0 radical (unpaired) electrons. The van der Waals surface area contributed by atoms with Gasteiger partial charge in [0, 0.05) is 12.2 Å². The molecular weight excluding hydrogens is 356 g/mol. The molecule has 6 heteroatoms. The number of carbonyl (C=O) groups excluding carboxylic acids is 1. The number of hydrogen-bond acceptors (Lipinski definition) is 5. The molecule has 3 aromatic rings. The van der Waals surface area contributed by atoms with Crippen molar-refractivity contribution in [2.45, 2.75) is 25.4 Å². The van der Waals surface area contributed by atoms with E-state index in [9.17, 15) is 4.79 Å². The van der Waals surface area contributed by atoms with Crippen LogP contribution in [0.25, 0.3) is 0 Å². The Bertz CT molecular complexity index is 878. The lowest BCUT2D eigenvalue weighted by Crippen LogP contribution is -2.14. The first-order valence-electron chi connectivity index (χ1n) is 8.71. The van der Waals surface area contributed by atoms with Gasteiger partial charge < -0.3 is 10.6 Å². The molecule has 0 spiro atoms. The van der Waals surface area contributed by atoms with E-state index in [1.54, 1.807) is 0 Å². The number of anilines is 2. The maximum Gasteiger partial charge on any atom is 0.234 e. The maximum atomic E-state index is 12.0. The highest BCUT2D eigenvalue weighted by Gasteiger charge is 2.05. The lowest BCUT2D eigenvalue weighted by molar-refractivity contribution is -0.113. The highest BCUT2D eigenvalue weighted by atomic mass is 32.2. The smallest absolute Gasteiger partial charge is 0.234 e. The summed E-state index contributed by atoms with van der Waals surface area (Å²) in [5, 5.41) is 15.2. The molecule has 0 saturated heterocycles. The van der Waals surface area contributed by atoms with Gasteiger partial charge in [-0.1, -0.05) is 59.3 Å². The number of benzene rings is 2. The Hall–Kier alpha value is -2.86. The van der Waals surface area contributed by atoms with Crippen LogP contribution in [0.4, 0.5) is 11.5 Å². The Kier molecular flexibility index (Phi) is 6.44. The zero-order chi connectivity index (χ0) is 19.1. The number of aromatic nitrogens is 2. The molecule has 0 fully saturated rings. The van der Waals surface area contributed by atoms with E-state index >= 15 is 0 Å². The summed E-state index contributed by atoms with van der Waals surface area (Å²) >= 11 is 1.36. The van der Waals surface area contributed by atoms with Gasteiger partial charge >= 0.3 is 0 Å². The van der Waals surface area contributed by atoms with E-state index in [0.717, 1.165) is 16.3 Å². The Morgan fingerprint density at radius 1 is 0.889 bits per heavy atom. The summed E-state index contributed by atoms with van der Waals surface area (Å²) in [5.41, 5.74) is 4.39. The number of thioether (sulfide) groups is 1. The van der Waals surface area contributed by atoms with E-state index < -0.39 is 0 Å². The molecule has 27 heavy (non-hydrogen) atoms. The van der Waals surface area contributed by atoms with Gasteiger partial charge in [0.15, 0.2) is 0 Å². The number of rotatable bonds is 7. The standard InChI is InChI=1S/C21H22N4OS/c1-15-3-7-17(8-4-15)13-22-19-11-12-21(25-24-19)27-14-20(26)23-18-9-5-16(2)6-10-18/h3-12H,13-14H2,1-2H3,(H,22,24)(H,23,26). The highest BCUT2D eigenvalue weighted by Crippen LogP contribution is 2.17. The zero-order valence-corrected chi connectivity index (χ0v) is 16.2. The fourth-order valence-corrected chi connectivity index (χ4v) is 2.98. The van der Waals surface area contributed by atoms with Crippen molar-refractivity contribution in [3.63, 3.8) is 0 Å². The minimum absolute atomic E-state index is 0.0628. The maximum absolute atomic E-state index is 12.0. The first-order valence-corrected chi connectivity index (χ1v) is 9.69. The molecule has 0 bridgehead atoms. The quantitative estimate of drug-likeness (QED) is 0.595. The van der Waals surface area contributed by atoms with E-state index in [-0.39, 0.29) is 5.91 Å². The van der Waals surface area contributed by atoms with E-state index in [4.69, 9.17) is 0 Å². The van der Waals surface area contributed by atoms with Crippen LogP contribution in [0.2, 0.25) is 0 Å². The Balaban J connectivity index is 1.45. The summed E-state index contributed by atoms with van der Waals surface area (Å²) < 4.78 is 0. The largest absolute Gasteiger partial charge is 0.365 e. The average Bonchev–Trinajstić information content (AvgIpc) is 2.68. The lowest BCUT2D eigenvalue weighted by atomic mass is 10.1. The van der Waals surface area contributed by atoms with Gasteiger partial charge in [0.1, 0.15) is 10.8 Å². The molecule has 0 unspecified atom stereocenters. The molecule has 5 nitrogen and oxygen atoms in total. The molecule has 0 atom stereocenters. The second-order valence-corrected chi connectivity index (χ2v) is 7.29. The summed E-state index contributed by atoms with van der Waals surface area (Å²) in [4.78, 5) is 12.0. The van der Waals surface area contributed by atoms with E-state index in [1.807, 2.05) is 43.3 Å². The fourth-order valence-electron chi connectivity index (χ4n) is 2.36. The summed E-state index contributed by atoms with van der Waals surface area (Å²) in [6, 6.07) is 19.8. The predicted molar refractivity (Wildman–Crippen MR) is 111 cm³/mol. The summed E-state index contributed by atoms with van der Waals surface area (Å²) in [5.74, 6) is 0.940. The molecule has 2 aromatic carbocycles. The van der Waals surface area contributed by atoms with Crippen LogP contribution in [-0.4, -0.2) is 21.9 Å². The van der Waals surface area contributed by atoms with Crippen LogP contribution in [0.1, 0.15) is 16.7 Å². The highest BCUT2D eigenvalue weighted by molar-refractivity contribution is 7.99. The Labute approximate surface area is 163 Å². The van der Waals surface area contributed by atoms with Crippen LogP contribution in [0, 0.1) is 13.8 Å². The van der Waals surface area contributed by atoms with Crippen molar-refractivity contribution in [2.24, 2.45) is 0 Å². The van der Waals surface area contributed by atoms with E-state index in [1.165, 1.54) is 22.9 Å². The SMILES string of the molecule is Cc1ccc(CNc2ccc(SCC(=O)Nc3ccc(C)cc3)nn2)cc1. The number of amides is 1. The molecule has 1 heterocycles. The number of hydrogen-bond donors (Lipinski definition) is 2. The molecule has 1 amide bonds. The third kappa shape index (κ3) is 6.11. The first kappa shape index (κ1) is 18.9. The van der Waals surface area contributed by atoms with Crippen LogP contribution >= 0.6 is 11.8 Å². The molecule has 3 rings (SSSR count). The van der Waals surface area contributed by atoms with Gasteiger partial charge in [-0.25, -0.2) is 0 Å².